The highest BCUT2D eigenvalue weighted by molar-refractivity contribution is 7.14. The Bertz CT molecular complexity index is 691. The first-order valence-electron chi connectivity index (χ1n) is 8.30. The van der Waals surface area contributed by atoms with Crippen LogP contribution in [-0.2, 0) is 4.79 Å². The van der Waals surface area contributed by atoms with Gasteiger partial charge >= 0.3 is 0 Å². The predicted octanol–water partition coefficient (Wildman–Crippen LogP) is 4.66. The number of nitrogens with zero attached hydrogens (tertiary/aromatic N) is 2. The van der Waals surface area contributed by atoms with Crippen LogP contribution in [0.5, 0.6) is 0 Å². The van der Waals surface area contributed by atoms with Gasteiger partial charge in [0.1, 0.15) is 0 Å². The predicted molar refractivity (Wildman–Crippen MR) is 101 cm³/mol. The molecule has 0 unspecified atom stereocenters. The lowest BCUT2D eigenvalue weighted by molar-refractivity contribution is -0.118. The van der Waals surface area contributed by atoms with Gasteiger partial charge in [-0.05, 0) is 38.8 Å². The number of hydrogen-bond donors (Lipinski definition) is 1. The standard InChI is InChI=1S/C18H22ClN3OS/c1-12-4-3-5-13(2)22(12)10-17(23)21-18-20-16(11-24-18)14-6-8-15(19)9-7-14/h6-9,11-13H,3-5,10H2,1-2H3,(H,20,21,23)/t12-,13-/m0/s1. The van der Waals surface area contributed by atoms with Crippen molar-refractivity contribution < 1.29 is 4.79 Å². The average molecular weight is 364 g/mol. The number of hydrogen-bond acceptors (Lipinski definition) is 4. The Balaban J connectivity index is 1.62. The van der Waals surface area contributed by atoms with Gasteiger partial charge in [-0.3, -0.25) is 9.69 Å². The summed E-state index contributed by atoms with van der Waals surface area (Å²) in [6.45, 7) is 4.83. The number of nitrogens with one attached hydrogen (secondary N) is 1. The zero-order valence-electron chi connectivity index (χ0n) is 14.0. The fourth-order valence-corrected chi connectivity index (χ4v) is 4.06. The monoisotopic (exact) mass is 363 g/mol. The molecule has 1 fully saturated rings. The van der Waals surface area contributed by atoms with Gasteiger partial charge < -0.3 is 5.32 Å². The molecule has 1 aliphatic rings. The second kappa shape index (κ2) is 7.64. The molecule has 1 amide bonds. The minimum Gasteiger partial charge on any atom is -0.301 e. The van der Waals surface area contributed by atoms with E-state index in [-0.39, 0.29) is 5.91 Å². The number of aromatic nitrogens is 1. The molecule has 2 atom stereocenters. The van der Waals surface area contributed by atoms with Gasteiger partial charge in [-0.25, -0.2) is 4.98 Å². The quantitative estimate of drug-likeness (QED) is 0.858. The van der Waals surface area contributed by atoms with E-state index in [0.717, 1.165) is 24.1 Å². The van der Waals surface area contributed by atoms with Gasteiger partial charge in [-0.1, -0.05) is 30.2 Å². The van der Waals surface area contributed by atoms with Gasteiger partial charge in [0, 0.05) is 28.0 Å². The molecule has 24 heavy (non-hydrogen) atoms. The molecule has 0 aliphatic carbocycles. The van der Waals surface area contributed by atoms with Gasteiger partial charge in [-0.2, -0.15) is 0 Å². The molecular formula is C18H22ClN3OS. The molecule has 3 rings (SSSR count). The molecule has 0 spiro atoms. The second-order valence-corrected chi connectivity index (χ2v) is 7.69. The number of thiazole rings is 1. The van der Waals surface area contributed by atoms with Crippen LogP contribution < -0.4 is 5.32 Å². The van der Waals surface area contributed by atoms with Crippen molar-refractivity contribution in [3.05, 3.63) is 34.7 Å². The van der Waals surface area contributed by atoms with E-state index in [4.69, 9.17) is 11.6 Å². The van der Waals surface area contributed by atoms with Crippen LogP contribution in [0.4, 0.5) is 5.13 Å². The number of carbonyl (C=O) groups is 1. The van der Waals surface area contributed by atoms with E-state index in [1.807, 2.05) is 29.6 Å². The molecule has 2 heterocycles. The Morgan fingerprint density at radius 2 is 1.96 bits per heavy atom. The number of piperidine rings is 1. The number of benzene rings is 1. The summed E-state index contributed by atoms with van der Waals surface area (Å²) < 4.78 is 0. The van der Waals surface area contributed by atoms with E-state index in [9.17, 15) is 4.79 Å². The molecule has 128 valence electrons. The smallest absolute Gasteiger partial charge is 0.240 e. The van der Waals surface area contributed by atoms with E-state index < -0.39 is 0 Å². The lowest BCUT2D eigenvalue weighted by atomic mass is 9.97. The second-order valence-electron chi connectivity index (χ2n) is 6.39. The van der Waals surface area contributed by atoms with Gasteiger partial charge in [-0.15, -0.1) is 11.3 Å². The van der Waals surface area contributed by atoms with Crippen LogP contribution in [0.2, 0.25) is 5.02 Å². The minimum atomic E-state index is 0.00704. The fourth-order valence-electron chi connectivity index (χ4n) is 3.20. The zero-order valence-corrected chi connectivity index (χ0v) is 15.5. The Hall–Kier alpha value is -1.43. The number of likely N-dealkylation sites (tertiary alicyclic amines) is 1. The van der Waals surface area contributed by atoms with Crippen molar-refractivity contribution in [1.82, 2.24) is 9.88 Å². The van der Waals surface area contributed by atoms with Crippen LogP contribution in [0.1, 0.15) is 33.1 Å². The molecule has 1 N–H and O–H groups in total. The Kier molecular flexibility index (Phi) is 5.54. The van der Waals surface area contributed by atoms with Crippen LogP contribution in [0.15, 0.2) is 29.6 Å². The van der Waals surface area contributed by atoms with Crippen LogP contribution in [0.3, 0.4) is 0 Å². The fraction of sp³-hybridized carbons (Fsp3) is 0.444. The molecule has 1 saturated heterocycles. The number of carbonyl (C=O) groups excluding carboxylic acids is 1. The SMILES string of the molecule is C[C@H]1CCC[C@H](C)N1CC(=O)Nc1nc(-c2ccc(Cl)cc2)cs1. The first kappa shape index (κ1) is 17.4. The molecule has 1 aliphatic heterocycles. The van der Waals surface area contributed by atoms with Gasteiger partial charge in [0.2, 0.25) is 5.91 Å². The number of amides is 1. The summed E-state index contributed by atoms with van der Waals surface area (Å²) in [6, 6.07) is 8.46. The van der Waals surface area contributed by atoms with Crippen LogP contribution >= 0.6 is 22.9 Å². The highest BCUT2D eigenvalue weighted by Gasteiger charge is 2.26. The maximum atomic E-state index is 12.4. The summed E-state index contributed by atoms with van der Waals surface area (Å²) in [6.07, 6.45) is 3.57. The minimum absolute atomic E-state index is 0.00704. The summed E-state index contributed by atoms with van der Waals surface area (Å²) in [7, 11) is 0. The molecule has 2 aromatic rings. The topological polar surface area (TPSA) is 45.2 Å². The van der Waals surface area contributed by atoms with Crippen molar-refractivity contribution in [3.8, 4) is 11.3 Å². The largest absolute Gasteiger partial charge is 0.301 e. The van der Waals surface area contributed by atoms with Crippen LogP contribution in [0.25, 0.3) is 11.3 Å². The highest BCUT2D eigenvalue weighted by Crippen LogP contribution is 2.26. The lowest BCUT2D eigenvalue weighted by Gasteiger charge is -2.38. The Morgan fingerprint density at radius 3 is 2.62 bits per heavy atom. The number of halogens is 1. The number of rotatable bonds is 4. The summed E-state index contributed by atoms with van der Waals surface area (Å²) in [5.41, 5.74) is 1.85. The molecule has 6 heteroatoms. The van der Waals surface area contributed by atoms with Crippen LogP contribution in [-0.4, -0.2) is 34.4 Å². The third kappa shape index (κ3) is 4.15. The van der Waals surface area contributed by atoms with E-state index in [2.05, 4.69) is 29.0 Å². The zero-order chi connectivity index (χ0) is 17.1. The van der Waals surface area contributed by atoms with Gasteiger partial charge in [0.25, 0.3) is 0 Å². The molecule has 0 saturated carbocycles. The third-order valence-corrected chi connectivity index (χ3v) is 5.60. The first-order valence-corrected chi connectivity index (χ1v) is 9.56. The molecule has 1 aromatic heterocycles. The van der Waals surface area contributed by atoms with E-state index >= 15 is 0 Å². The van der Waals surface area contributed by atoms with Gasteiger partial charge in [0.05, 0.1) is 12.2 Å². The highest BCUT2D eigenvalue weighted by atomic mass is 35.5. The normalized spacial score (nSPS) is 21.6. The van der Waals surface area contributed by atoms with Crippen molar-refractivity contribution >= 4 is 34.0 Å². The van der Waals surface area contributed by atoms with Crippen molar-refractivity contribution in [3.63, 3.8) is 0 Å². The van der Waals surface area contributed by atoms with Crippen molar-refractivity contribution in [1.29, 1.82) is 0 Å². The number of anilines is 1. The molecular weight excluding hydrogens is 342 g/mol. The summed E-state index contributed by atoms with van der Waals surface area (Å²) in [4.78, 5) is 19.1. The maximum absolute atomic E-state index is 12.4. The Morgan fingerprint density at radius 1 is 1.29 bits per heavy atom. The molecule has 4 nitrogen and oxygen atoms in total. The summed E-state index contributed by atoms with van der Waals surface area (Å²) in [5.74, 6) is 0.00704. The molecule has 0 radical (unpaired) electrons. The van der Waals surface area contributed by atoms with Crippen molar-refractivity contribution in [2.24, 2.45) is 0 Å². The van der Waals surface area contributed by atoms with E-state index in [1.165, 1.54) is 17.8 Å². The summed E-state index contributed by atoms with van der Waals surface area (Å²) in [5, 5.41) is 6.22. The molecule has 0 bridgehead atoms. The average Bonchev–Trinajstić information content (AvgIpc) is 3.00. The van der Waals surface area contributed by atoms with Crippen molar-refractivity contribution in [2.75, 3.05) is 11.9 Å². The maximum Gasteiger partial charge on any atom is 0.240 e. The first-order chi connectivity index (χ1) is 11.5. The third-order valence-electron chi connectivity index (χ3n) is 4.59. The van der Waals surface area contributed by atoms with Crippen LogP contribution in [0, 0.1) is 0 Å². The lowest BCUT2D eigenvalue weighted by Crippen LogP contribution is -2.47. The molecule has 1 aromatic carbocycles. The summed E-state index contributed by atoms with van der Waals surface area (Å²) >= 11 is 7.36. The van der Waals surface area contributed by atoms with Crippen molar-refractivity contribution in [2.45, 2.75) is 45.2 Å². The van der Waals surface area contributed by atoms with E-state index in [0.29, 0.717) is 28.8 Å². The van der Waals surface area contributed by atoms with E-state index in [1.54, 1.807) is 0 Å². The van der Waals surface area contributed by atoms with Gasteiger partial charge in [0.15, 0.2) is 5.13 Å². The Labute approximate surface area is 151 Å².